The zero-order valence-corrected chi connectivity index (χ0v) is 16.2. The molecule has 0 radical (unpaired) electrons. The third-order valence-electron chi connectivity index (χ3n) is 4.21. The third kappa shape index (κ3) is 4.34. The predicted octanol–water partition coefficient (Wildman–Crippen LogP) is 4.23. The van der Waals surface area contributed by atoms with Crippen LogP contribution in [0, 0.1) is 0 Å². The van der Waals surface area contributed by atoms with Crippen molar-refractivity contribution in [2.75, 3.05) is 20.8 Å². The van der Waals surface area contributed by atoms with Gasteiger partial charge in [0.15, 0.2) is 17.3 Å². The molecule has 28 heavy (non-hydrogen) atoms. The molecule has 146 valence electrons. The Bertz CT molecular complexity index is 900. The lowest BCUT2D eigenvalue weighted by atomic mass is 10.1. The molecule has 0 atom stereocenters. The van der Waals surface area contributed by atoms with Gasteiger partial charge >= 0.3 is 5.91 Å². The molecular formula is C22H23NO5. The Labute approximate surface area is 164 Å². The van der Waals surface area contributed by atoms with E-state index in [2.05, 4.69) is 11.9 Å². The van der Waals surface area contributed by atoms with Gasteiger partial charge in [0.1, 0.15) is 5.75 Å². The number of carbonyl (C=O) groups excluding carboxylic acids is 1. The third-order valence-corrected chi connectivity index (χ3v) is 4.21. The number of hydrogen-bond donors (Lipinski definition) is 0. The molecule has 0 bridgehead atoms. The van der Waals surface area contributed by atoms with Crippen molar-refractivity contribution in [3.8, 4) is 17.2 Å². The molecule has 0 saturated heterocycles. The maximum atomic E-state index is 12.3. The Balaban J connectivity index is 1.76. The first-order valence-electron chi connectivity index (χ1n) is 9.13. The van der Waals surface area contributed by atoms with Crippen LogP contribution < -0.4 is 14.2 Å². The summed E-state index contributed by atoms with van der Waals surface area (Å²) < 4.78 is 22.0. The molecule has 0 saturated carbocycles. The molecule has 0 aromatic heterocycles. The second-order valence-corrected chi connectivity index (χ2v) is 6.14. The smallest absolute Gasteiger partial charge is 0.316 e. The van der Waals surface area contributed by atoms with E-state index in [9.17, 15) is 4.79 Å². The van der Waals surface area contributed by atoms with Crippen molar-refractivity contribution < 1.29 is 23.7 Å². The van der Waals surface area contributed by atoms with Gasteiger partial charge in [0.2, 0.25) is 5.90 Å². The minimum Gasteiger partial charge on any atom is -0.494 e. The lowest BCUT2D eigenvalue weighted by Gasteiger charge is -2.10. The summed E-state index contributed by atoms with van der Waals surface area (Å²) >= 11 is 0. The number of rotatable bonds is 8. The molecule has 3 rings (SSSR count). The minimum atomic E-state index is -0.442. The van der Waals surface area contributed by atoms with Crippen molar-refractivity contribution in [1.29, 1.82) is 0 Å². The van der Waals surface area contributed by atoms with Crippen molar-refractivity contribution in [3.05, 3.63) is 59.4 Å². The van der Waals surface area contributed by atoms with Gasteiger partial charge in [0, 0.05) is 11.1 Å². The Morgan fingerprint density at radius 1 is 1.07 bits per heavy atom. The summed E-state index contributed by atoms with van der Waals surface area (Å²) in [5.74, 6) is 1.82. The molecule has 0 spiro atoms. The lowest BCUT2D eigenvalue weighted by Crippen LogP contribution is -2.02. The number of methoxy groups -OCH3 is 2. The highest BCUT2D eigenvalue weighted by Gasteiger charge is 2.25. The molecule has 2 aromatic carbocycles. The van der Waals surface area contributed by atoms with E-state index in [-0.39, 0.29) is 11.7 Å². The van der Waals surface area contributed by atoms with Crippen LogP contribution in [-0.4, -0.2) is 32.6 Å². The van der Waals surface area contributed by atoms with Crippen molar-refractivity contribution >= 4 is 17.9 Å². The summed E-state index contributed by atoms with van der Waals surface area (Å²) in [4.78, 5) is 16.3. The SMILES string of the molecule is CCCCOc1ccc(C2=NC(=O)C(=Cc3cccc(OC)c3OC)O2)cc1. The number of hydrogen-bond acceptors (Lipinski definition) is 5. The normalized spacial score (nSPS) is 14.6. The summed E-state index contributed by atoms with van der Waals surface area (Å²) in [5, 5.41) is 0. The van der Waals surface area contributed by atoms with E-state index in [1.807, 2.05) is 36.4 Å². The number of unbranched alkanes of at least 4 members (excludes halogenated alkanes) is 1. The molecular weight excluding hydrogens is 358 g/mol. The summed E-state index contributed by atoms with van der Waals surface area (Å²) in [6, 6.07) is 12.7. The maximum absolute atomic E-state index is 12.3. The molecule has 0 N–H and O–H groups in total. The highest BCUT2D eigenvalue weighted by Crippen LogP contribution is 2.33. The van der Waals surface area contributed by atoms with Crippen LogP contribution in [0.5, 0.6) is 17.2 Å². The average Bonchev–Trinajstić information content (AvgIpc) is 3.08. The van der Waals surface area contributed by atoms with Gasteiger partial charge in [-0.3, -0.25) is 4.79 Å². The number of para-hydroxylation sites is 1. The van der Waals surface area contributed by atoms with Gasteiger partial charge < -0.3 is 18.9 Å². The highest BCUT2D eigenvalue weighted by molar-refractivity contribution is 6.14. The van der Waals surface area contributed by atoms with Gasteiger partial charge in [-0.2, -0.15) is 4.99 Å². The van der Waals surface area contributed by atoms with Gasteiger partial charge in [0.25, 0.3) is 0 Å². The molecule has 0 aliphatic carbocycles. The van der Waals surface area contributed by atoms with Crippen LogP contribution >= 0.6 is 0 Å². The molecule has 6 nitrogen and oxygen atoms in total. The van der Waals surface area contributed by atoms with E-state index in [0.717, 1.165) is 18.6 Å². The Hall–Kier alpha value is -3.28. The Morgan fingerprint density at radius 3 is 2.54 bits per heavy atom. The minimum absolute atomic E-state index is 0.129. The van der Waals surface area contributed by atoms with Crippen LogP contribution in [0.25, 0.3) is 6.08 Å². The molecule has 1 aliphatic rings. The number of aliphatic imine (C=N–C) groups is 1. The van der Waals surface area contributed by atoms with Gasteiger partial charge in [-0.1, -0.05) is 25.5 Å². The van der Waals surface area contributed by atoms with E-state index in [0.29, 0.717) is 29.2 Å². The van der Waals surface area contributed by atoms with E-state index in [1.54, 1.807) is 26.4 Å². The molecule has 1 heterocycles. The van der Waals surface area contributed by atoms with E-state index >= 15 is 0 Å². The predicted molar refractivity (Wildman–Crippen MR) is 107 cm³/mol. The van der Waals surface area contributed by atoms with E-state index < -0.39 is 5.91 Å². The van der Waals surface area contributed by atoms with Crippen LogP contribution in [0.1, 0.15) is 30.9 Å². The molecule has 0 unspecified atom stereocenters. The fraction of sp³-hybridized carbons (Fsp3) is 0.273. The van der Waals surface area contributed by atoms with Crippen molar-refractivity contribution in [1.82, 2.24) is 0 Å². The lowest BCUT2D eigenvalue weighted by molar-refractivity contribution is -0.115. The van der Waals surface area contributed by atoms with Gasteiger partial charge in [0.05, 0.1) is 20.8 Å². The second-order valence-electron chi connectivity index (χ2n) is 6.14. The quantitative estimate of drug-likeness (QED) is 0.506. The van der Waals surface area contributed by atoms with Gasteiger partial charge in [-0.05, 0) is 42.8 Å². The largest absolute Gasteiger partial charge is 0.494 e. The molecule has 1 aliphatic heterocycles. The standard InChI is InChI=1S/C22H23NO5/c1-4-5-13-27-17-11-9-15(10-12-17)22-23-21(24)19(28-22)14-16-7-6-8-18(25-2)20(16)26-3/h6-12,14H,4-5,13H2,1-3H3. The Morgan fingerprint density at radius 2 is 1.86 bits per heavy atom. The molecule has 1 amide bonds. The number of carbonyl (C=O) groups is 1. The summed E-state index contributed by atoms with van der Waals surface area (Å²) in [6.45, 7) is 2.80. The van der Waals surface area contributed by atoms with Crippen LogP contribution in [-0.2, 0) is 9.53 Å². The first-order chi connectivity index (χ1) is 13.7. The van der Waals surface area contributed by atoms with Crippen LogP contribution in [0.2, 0.25) is 0 Å². The monoisotopic (exact) mass is 381 g/mol. The first kappa shape index (κ1) is 19.5. The number of amides is 1. The van der Waals surface area contributed by atoms with Gasteiger partial charge in [-0.15, -0.1) is 0 Å². The molecule has 6 heteroatoms. The zero-order valence-electron chi connectivity index (χ0n) is 16.2. The van der Waals surface area contributed by atoms with Crippen molar-refractivity contribution in [2.24, 2.45) is 4.99 Å². The summed E-state index contributed by atoms with van der Waals surface area (Å²) in [6.07, 6.45) is 3.69. The topological polar surface area (TPSA) is 66.4 Å². The number of benzene rings is 2. The fourth-order valence-corrected chi connectivity index (χ4v) is 2.73. The highest BCUT2D eigenvalue weighted by atomic mass is 16.5. The van der Waals surface area contributed by atoms with Crippen molar-refractivity contribution in [3.63, 3.8) is 0 Å². The first-order valence-corrected chi connectivity index (χ1v) is 9.13. The maximum Gasteiger partial charge on any atom is 0.316 e. The van der Waals surface area contributed by atoms with E-state index in [1.165, 1.54) is 0 Å². The van der Waals surface area contributed by atoms with E-state index in [4.69, 9.17) is 18.9 Å². The van der Waals surface area contributed by atoms with Crippen LogP contribution in [0.15, 0.2) is 53.2 Å². The molecule has 2 aromatic rings. The molecule has 0 fully saturated rings. The summed E-state index contributed by atoms with van der Waals surface area (Å²) in [7, 11) is 3.10. The van der Waals surface area contributed by atoms with Gasteiger partial charge in [-0.25, -0.2) is 0 Å². The van der Waals surface area contributed by atoms with Crippen LogP contribution in [0.4, 0.5) is 0 Å². The van der Waals surface area contributed by atoms with Crippen LogP contribution in [0.3, 0.4) is 0 Å². The zero-order chi connectivity index (χ0) is 19.9. The second kappa shape index (κ2) is 9.08. The number of ether oxygens (including phenoxy) is 4. The number of nitrogens with zero attached hydrogens (tertiary/aromatic N) is 1. The Kier molecular flexibility index (Phi) is 6.32. The fourth-order valence-electron chi connectivity index (χ4n) is 2.73. The average molecular weight is 381 g/mol. The van der Waals surface area contributed by atoms with Crippen molar-refractivity contribution in [2.45, 2.75) is 19.8 Å². The summed E-state index contributed by atoms with van der Waals surface area (Å²) in [5.41, 5.74) is 1.37.